The largest absolute Gasteiger partial charge is 0.494 e. The maximum absolute atomic E-state index is 6.18. The first-order chi connectivity index (χ1) is 14.1. The maximum atomic E-state index is 6.18. The second-order valence-electron chi connectivity index (χ2n) is 6.95. The maximum Gasteiger partial charge on any atom is 0.145 e. The molecule has 0 atom stereocenters. The van der Waals surface area contributed by atoms with E-state index >= 15 is 0 Å². The Morgan fingerprint density at radius 3 is 2.72 bits per heavy atom. The molecule has 5 nitrogen and oxygen atoms in total. The first-order valence-electron chi connectivity index (χ1n) is 9.58. The fraction of sp³-hybridized carbons (Fsp3) is 0.167. The number of pyridine rings is 1. The summed E-state index contributed by atoms with van der Waals surface area (Å²) in [6.07, 6.45) is 7.15. The van der Waals surface area contributed by atoms with Crippen molar-refractivity contribution in [3.05, 3.63) is 78.3 Å². The molecule has 4 rings (SSSR count). The average Bonchev–Trinajstić information content (AvgIpc) is 3.06. The highest BCUT2D eigenvalue weighted by Crippen LogP contribution is 2.27. The van der Waals surface area contributed by atoms with Crippen molar-refractivity contribution in [1.82, 2.24) is 14.5 Å². The lowest BCUT2D eigenvalue weighted by atomic mass is 10.1. The van der Waals surface area contributed by atoms with Crippen LogP contribution in [0.4, 0.5) is 5.69 Å². The van der Waals surface area contributed by atoms with Gasteiger partial charge in [-0.25, -0.2) is 9.97 Å². The van der Waals surface area contributed by atoms with Gasteiger partial charge in [-0.2, -0.15) is 0 Å². The molecule has 0 aliphatic heterocycles. The average molecular weight is 384 g/mol. The van der Waals surface area contributed by atoms with Gasteiger partial charge in [0, 0.05) is 35.8 Å². The van der Waals surface area contributed by atoms with Crippen LogP contribution in [0.3, 0.4) is 0 Å². The van der Waals surface area contributed by atoms with Gasteiger partial charge in [0.1, 0.15) is 17.1 Å². The van der Waals surface area contributed by atoms with Crippen LogP contribution in [0.15, 0.2) is 61.2 Å². The molecular formula is C24H24N4O. The number of ether oxygens (including phenoxy) is 1. The van der Waals surface area contributed by atoms with Crippen LogP contribution in [-0.4, -0.2) is 21.6 Å². The third kappa shape index (κ3) is 3.47. The normalized spacial score (nSPS) is 11.5. The number of nitrogens with two attached hydrogens (primary N) is 1. The standard InChI is InChI=1S/C24H24N4O/c1-4-5-8-18-19(25)13-14-20-24(18)27-22(28(20)2)15-12-17-11-10-16-7-6-9-21(29-3)23(16)26-17/h4-11,13-14H,1,12,15,25H2,2-3H3/b8-5-. The van der Waals surface area contributed by atoms with Crippen LogP contribution in [0.5, 0.6) is 5.75 Å². The Hall–Kier alpha value is -3.60. The summed E-state index contributed by atoms with van der Waals surface area (Å²) in [7, 11) is 3.71. The van der Waals surface area contributed by atoms with E-state index in [1.54, 1.807) is 13.2 Å². The van der Waals surface area contributed by atoms with E-state index in [2.05, 4.69) is 23.3 Å². The van der Waals surface area contributed by atoms with Gasteiger partial charge in [-0.1, -0.05) is 43.0 Å². The minimum atomic E-state index is 0.712. The van der Waals surface area contributed by atoms with Crippen LogP contribution in [0.1, 0.15) is 17.1 Å². The molecule has 2 N–H and O–H groups in total. The first kappa shape index (κ1) is 18.7. The number of anilines is 1. The van der Waals surface area contributed by atoms with E-state index in [1.807, 2.05) is 49.5 Å². The second kappa shape index (κ2) is 7.80. The van der Waals surface area contributed by atoms with E-state index < -0.39 is 0 Å². The molecule has 29 heavy (non-hydrogen) atoms. The molecule has 2 aromatic heterocycles. The fourth-order valence-electron chi connectivity index (χ4n) is 3.61. The topological polar surface area (TPSA) is 66.0 Å². The highest BCUT2D eigenvalue weighted by atomic mass is 16.5. The highest BCUT2D eigenvalue weighted by Gasteiger charge is 2.13. The Labute approximate surface area is 170 Å². The van der Waals surface area contributed by atoms with Crippen molar-refractivity contribution in [3.8, 4) is 5.75 Å². The third-order valence-electron chi connectivity index (χ3n) is 5.18. The number of hydrogen-bond acceptors (Lipinski definition) is 4. The number of nitrogen functional groups attached to an aromatic ring is 1. The zero-order valence-corrected chi connectivity index (χ0v) is 16.7. The SMILES string of the molecule is C=C/C=C\c1c(N)ccc2c1nc(CCc1ccc3cccc(OC)c3n1)n2C. The minimum absolute atomic E-state index is 0.712. The summed E-state index contributed by atoms with van der Waals surface area (Å²) < 4.78 is 7.58. The Balaban J connectivity index is 1.66. The Kier molecular flexibility index (Phi) is 5.04. The Morgan fingerprint density at radius 1 is 1.07 bits per heavy atom. The molecule has 0 bridgehead atoms. The van der Waals surface area contributed by atoms with E-state index in [1.165, 1.54) is 0 Å². The summed E-state index contributed by atoms with van der Waals surface area (Å²) in [5.74, 6) is 1.79. The van der Waals surface area contributed by atoms with Crippen molar-refractivity contribution >= 4 is 33.7 Å². The number of imidazole rings is 1. The molecule has 0 saturated heterocycles. The molecule has 2 aromatic carbocycles. The quantitative estimate of drug-likeness (QED) is 0.387. The summed E-state index contributed by atoms with van der Waals surface area (Å²) in [5.41, 5.74) is 11.7. The van der Waals surface area contributed by atoms with Crippen molar-refractivity contribution in [2.24, 2.45) is 7.05 Å². The van der Waals surface area contributed by atoms with Gasteiger partial charge in [-0.05, 0) is 30.7 Å². The molecule has 0 aliphatic carbocycles. The van der Waals surface area contributed by atoms with Crippen molar-refractivity contribution < 1.29 is 4.74 Å². The molecule has 0 saturated carbocycles. The van der Waals surface area contributed by atoms with E-state index in [0.29, 0.717) is 5.69 Å². The molecule has 0 fully saturated rings. The van der Waals surface area contributed by atoms with E-state index in [9.17, 15) is 0 Å². The van der Waals surface area contributed by atoms with Crippen LogP contribution < -0.4 is 10.5 Å². The summed E-state index contributed by atoms with van der Waals surface area (Å²) in [4.78, 5) is 9.69. The van der Waals surface area contributed by atoms with Gasteiger partial charge in [0.25, 0.3) is 0 Å². The summed E-state index contributed by atoms with van der Waals surface area (Å²) in [6.45, 7) is 3.74. The van der Waals surface area contributed by atoms with E-state index in [-0.39, 0.29) is 0 Å². The molecule has 4 aromatic rings. The first-order valence-corrected chi connectivity index (χ1v) is 9.58. The fourth-order valence-corrected chi connectivity index (χ4v) is 3.61. The number of hydrogen-bond donors (Lipinski definition) is 1. The van der Waals surface area contributed by atoms with Gasteiger partial charge < -0.3 is 15.0 Å². The number of nitrogens with zero attached hydrogens (tertiary/aromatic N) is 3. The van der Waals surface area contributed by atoms with Crippen LogP contribution in [0, 0.1) is 0 Å². The molecule has 146 valence electrons. The number of allylic oxidation sites excluding steroid dienone is 2. The van der Waals surface area contributed by atoms with E-state index in [4.69, 9.17) is 20.4 Å². The molecule has 0 amide bonds. The highest BCUT2D eigenvalue weighted by molar-refractivity contribution is 5.91. The monoisotopic (exact) mass is 384 g/mol. The van der Waals surface area contributed by atoms with Gasteiger partial charge in [0.15, 0.2) is 0 Å². The van der Waals surface area contributed by atoms with Crippen LogP contribution in [0.2, 0.25) is 0 Å². The molecule has 0 unspecified atom stereocenters. The lowest BCUT2D eigenvalue weighted by Gasteiger charge is -2.07. The molecule has 5 heteroatoms. The van der Waals surface area contributed by atoms with Gasteiger partial charge >= 0.3 is 0 Å². The Morgan fingerprint density at radius 2 is 1.93 bits per heavy atom. The van der Waals surface area contributed by atoms with Crippen molar-refractivity contribution in [2.75, 3.05) is 12.8 Å². The van der Waals surface area contributed by atoms with Gasteiger partial charge in [0.2, 0.25) is 0 Å². The molecular weight excluding hydrogens is 360 g/mol. The minimum Gasteiger partial charge on any atom is -0.494 e. The second-order valence-corrected chi connectivity index (χ2v) is 6.95. The number of benzene rings is 2. The van der Waals surface area contributed by atoms with Crippen LogP contribution >= 0.6 is 0 Å². The summed E-state index contributed by atoms with van der Waals surface area (Å²) in [5, 5.41) is 1.07. The predicted molar refractivity (Wildman–Crippen MR) is 120 cm³/mol. The molecule has 0 spiro atoms. The van der Waals surface area contributed by atoms with Crippen LogP contribution in [0.25, 0.3) is 28.0 Å². The zero-order valence-electron chi connectivity index (χ0n) is 16.7. The number of aromatic nitrogens is 3. The smallest absolute Gasteiger partial charge is 0.145 e. The lowest BCUT2D eigenvalue weighted by molar-refractivity contribution is 0.419. The Bertz CT molecular complexity index is 1240. The number of fused-ring (bicyclic) bond motifs is 2. The lowest BCUT2D eigenvalue weighted by Crippen LogP contribution is -2.02. The molecule has 0 radical (unpaired) electrons. The van der Waals surface area contributed by atoms with E-state index in [0.717, 1.165) is 57.6 Å². The predicted octanol–water partition coefficient (Wildman–Crippen LogP) is 4.70. The number of para-hydroxylation sites is 1. The number of rotatable bonds is 6. The van der Waals surface area contributed by atoms with Gasteiger partial charge in [-0.15, -0.1) is 0 Å². The summed E-state index contributed by atoms with van der Waals surface area (Å²) >= 11 is 0. The van der Waals surface area contributed by atoms with Crippen molar-refractivity contribution in [3.63, 3.8) is 0 Å². The van der Waals surface area contributed by atoms with Crippen molar-refractivity contribution in [1.29, 1.82) is 0 Å². The number of aryl methyl sites for hydroxylation is 3. The van der Waals surface area contributed by atoms with Gasteiger partial charge in [-0.3, -0.25) is 0 Å². The van der Waals surface area contributed by atoms with Crippen molar-refractivity contribution in [2.45, 2.75) is 12.8 Å². The summed E-state index contributed by atoms with van der Waals surface area (Å²) in [6, 6.07) is 14.1. The third-order valence-corrected chi connectivity index (χ3v) is 5.18. The molecule has 0 aliphatic rings. The molecule has 2 heterocycles. The number of methoxy groups -OCH3 is 1. The zero-order chi connectivity index (χ0) is 20.4. The van der Waals surface area contributed by atoms with Gasteiger partial charge in [0.05, 0.1) is 18.1 Å². The van der Waals surface area contributed by atoms with Crippen LogP contribution in [-0.2, 0) is 19.9 Å².